The standard InChI is InChI=1S/C29H29N5O5S.C2H6/c1-2-38-39-29(35)28-31-25-18-30-27-24(15-17-33(27)40(36,37)23-13-7-4-8-14-23)26(25)34(28)22-12-9-16-32(20-22)19-21-10-5-3-6-11-21;1-2/h3-8,10-11,13-15,17-18,22H,2,9,12,16,19-20H2,1H3;1-2H3/t22-;/m1./s1. The highest BCUT2D eigenvalue weighted by atomic mass is 32.2. The summed E-state index contributed by atoms with van der Waals surface area (Å²) in [4.78, 5) is 34.7. The molecule has 10 nitrogen and oxygen atoms in total. The van der Waals surface area contributed by atoms with Gasteiger partial charge in [0.05, 0.1) is 23.2 Å². The van der Waals surface area contributed by atoms with E-state index in [1.54, 1.807) is 43.3 Å². The Morgan fingerprint density at radius 1 is 1.02 bits per heavy atom. The van der Waals surface area contributed by atoms with Gasteiger partial charge in [-0.15, -0.1) is 0 Å². The lowest BCUT2D eigenvalue weighted by molar-refractivity contribution is -0.237. The Labute approximate surface area is 245 Å². The molecule has 0 N–H and O–H groups in total. The van der Waals surface area contributed by atoms with Gasteiger partial charge >= 0.3 is 5.97 Å². The van der Waals surface area contributed by atoms with Gasteiger partial charge in [-0.25, -0.2) is 27.2 Å². The number of carbonyl (C=O) groups excluding carboxylic acids is 1. The second-order valence-corrected chi connectivity index (χ2v) is 11.6. The molecule has 1 aliphatic heterocycles. The van der Waals surface area contributed by atoms with Gasteiger partial charge in [0.1, 0.15) is 5.52 Å². The van der Waals surface area contributed by atoms with Crippen LogP contribution in [0, 0.1) is 0 Å². The molecule has 1 fully saturated rings. The number of fused-ring (bicyclic) bond motifs is 3. The molecule has 42 heavy (non-hydrogen) atoms. The number of piperidine rings is 1. The molecule has 0 radical (unpaired) electrons. The molecule has 0 amide bonds. The van der Waals surface area contributed by atoms with E-state index in [4.69, 9.17) is 9.78 Å². The quantitative estimate of drug-likeness (QED) is 0.170. The number of benzene rings is 2. The average Bonchev–Trinajstić information content (AvgIpc) is 3.64. The topological polar surface area (TPSA) is 109 Å². The molecule has 1 atom stereocenters. The third-order valence-electron chi connectivity index (χ3n) is 7.16. The number of pyridine rings is 1. The fraction of sp³-hybridized carbons (Fsp3) is 0.323. The van der Waals surface area contributed by atoms with Crippen molar-refractivity contribution < 1.29 is 23.0 Å². The Hall–Kier alpha value is -4.06. The second kappa shape index (κ2) is 12.8. The first kappa shape index (κ1) is 29.4. The summed E-state index contributed by atoms with van der Waals surface area (Å²) in [6, 6.07) is 20.1. The third kappa shape index (κ3) is 5.67. The predicted octanol–water partition coefficient (Wildman–Crippen LogP) is 5.59. The van der Waals surface area contributed by atoms with Crippen molar-refractivity contribution >= 4 is 38.1 Å². The zero-order valence-electron chi connectivity index (χ0n) is 24.0. The third-order valence-corrected chi connectivity index (χ3v) is 8.84. The van der Waals surface area contributed by atoms with Gasteiger partial charge in [-0.05, 0) is 50.1 Å². The van der Waals surface area contributed by atoms with Gasteiger partial charge in [-0.3, -0.25) is 9.79 Å². The van der Waals surface area contributed by atoms with Crippen molar-refractivity contribution in [2.75, 3.05) is 19.7 Å². The molecule has 1 aliphatic rings. The van der Waals surface area contributed by atoms with Gasteiger partial charge in [0.15, 0.2) is 5.65 Å². The molecule has 4 heterocycles. The minimum Gasteiger partial charge on any atom is -0.313 e. The van der Waals surface area contributed by atoms with Gasteiger partial charge in [0.2, 0.25) is 5.82 Å². The number of aromatic nitrogens is 4. The van der Waals surface area contributed by atoms with Crippen molar-refractivity contribution in [1.82, 2.24) is 23.4 Å². The van der Waals surface area contributed by atoms with Crippen LogP contribution in [0.2, 0.25) is 0 Å². The molecule has 220 valence electrons. The normalized spacial score (nSPS) is 15.8. The van der Waals surface area contributed by atoms with E-state index in [9.17, 15) is 13.2 Å². The molecule has 0 saturated carbocycles. The Morgan fingerprint density at radius 2 is 1.74 bits per heavy atom. The Bertz CT molecular complexity index is 1770. The summed E-state index contributed by atoms with van der Waals surface area (Å²) in [7, 11) is -3.89. The molecule has 0 unspecified atom stereocenters. The number of rotatable bonds is 8. The van der Waals surface area contributed by atoms with Crippen LogP contribution >= 0.6 is 0 Å². The summed E-state index contributed by atoms with van der Waals surface area (Å²) in [5, 5.41) is 0.583. The van der Waals surface area contributed by atoms with Crippen LogP contribution < -0.4 is 0 Å². The highest BCUT2D eigenvalue weighted by Gasteiger charge is 2.31. The number of nitrogens with zero attached hydrogens (tertiary/aromatic N) is 5. The summed E-state index contributed by atoms with van der Waals surface area (Å²) in [6.45, 7) is 8.32. The zero-order chi connectivity index (χ0) is 29.7. The molecule has 0 aliphatic carbocycles. The summed E-state index contributed by atoms with van der Waals surface area (Å²) >= 11 is 0. The van der Waals surface area contributed by atoms with Crippen molar-refractivity contribution in [3.63, 3.8) is 0 Å². The molecule has 11 heteroatoms. The highest BCUT2D eigenvalue weighted by Crippen LogP contribution is 2.34. The first-order valence-electron chi connectivity index (χ1n) is 14.3. The largest absolute Gasteiger partial charge is 0.408 e. The van der Waals surface area contributed by atoms with Crippen molar-refractivity contribution in [3.8, 4) is 0 Å². The van der Waals surface area contributed by atoms with E-state index in [2.05, 4.69) is 27.0 Å². The minimum absolute atomic E-state index is 0.1000. The summed E-state index contributed by atoms with van der Waals surface area (Å²) in [5.74, 6) is -0.606. The van der Waals surface area contributed by atoms with Crippen LogP contribution in [0.25, 0.3) is 22.1 Å². The van der Waals surface area contributed by atoms with Crippen LogP contribution in [0.15, 0.2) is 84.0 Å². The van der Waals surface area contributed by atoms with Gasteiger partial charge in [-0.1, -0.05) is 62.4 Å². The van der Waals surface area contributed by atoms with E-state index in [1.807, 2.05) is 36.6 Å². The van der Waals surface area contributed by atoms with Crippen LogP contribution in [0.4, 0.5) is 0 Å². The van der Waals surface area contributed by atoms with E-state index >= 15 is 0 Å². The molecule has 6 rings (SSSR count). The van der Waals surface area contributed by atoms with Gasteiger partial charge in [0, 0.05) is 30.7 Å². The molecular formula is C31H35N5O5S. The molecule has 0 bridgehead atoms. The van der Waals surface area contributed by atoms with Crippen molar-refractivity contribution in [1.29, 1.82) is 0 Å². The number of hydrogen-bond acceptors (Lipinski definition) is 8. The molecule has 0 spiro atoms. The van der Waals surface area contributed by atoms with Crippen molar-refractivity contribution in [3.05, 3.63) is 90.5 Å². The Balaban J connectivity index is 0.00000173. The summed E-state index contributed by atoms with van der Waals surface area (Å²) < 4.78 is 30.0. The maximum atomic E-state index is 13.5. The van der Waals surface area contributed by atoms with Crippen LogP contribution in [-0.2, 0) is 26.3 Å². The van der Waals surface area contributed by atoms with Crippen molar-refractivity contribution in [2.45, 2.75) is 51.1 Å². The number of carbonyl (C=O) groups is 1. The lowest BCUT2D eigenvalue weighted by atomic mass is 10.0. The van der Waals surface area contributed by atoms with E-state index in [0.717, 1.165) is 25.9 Å². The van der Waals surface area contributed by atoms with Gasteiger partial charge in [-0.2, -0.15) is 4.89 Å². The molecule has 3 aromatic heterocycles. The average molecular weight is 590 g/mol. The van der Waals surface area contributed by atoms with E-state index < -0.39 is 16.0 Å². The van der Waals surface area contributed by atoms with Gasteiger partial charge < -0.3 is 4.57 Å². The predicted molar refractivity (Wildman–Crippen MR) is 160 cm³/mol. The lowest BCUT2D eigenvalue weighted by Crippen LogP contribution is -2.37. The van der Waals surface area contributed by atoms with Crippen LogP contribution in [0.5, 0.6) is 0 Å². The molecule has 2 aromatic carbocycles. The maximum absolute atomic E-state index is 13.5. The van der Waals surface area contributed by atoms with Crippen LogP contribution in [-0.4, -0.2) is 57.5 Å². The van der Waals surface area contributed by atoms with Crippen LogP contribution in [0.1, 0.15) is 55.8 Å². The van der Waals surface area contributed by atoms with Crippen molar-refractivity contribution in [2.24, 2.45) is 0 Å². The Morgan fingerprint density at radius 3 is 2.45 bits per heavy atom. The van der Waals surface area contributed by atoms with E-state index in [-0.39, 0.29) is 29.0 Å². The fourth-order valence-corrected chi connectivity index (χ4v) is 6.75. The van der Waals surface area contributed by atoms with Gasteiger partial charge in [0.25, 0.3) is 10.0 Å². The second-order valence-electron chi connectivity index (χ2n) is 9.76. The summed E-state index contributed by atoms with van der Waals surface area (Å²) in [5.41, 5.74) is 2.59. The molecular weight excluding hydrogens is 554 g/mol. The minimum atomic E-state index is -3.89. The monoisotopic (exact) mass is 589 g/mol. The first-order chi connectivity index (χ1) is 20.5. The smallest absolute Gasteiger partial charge is 0.313 e. The maximum Gasteiger partial charge on any atom is 0.408 e. The number of hydrogen-bond donors (Lipinski definition) is 0. The SMILES string of the molecule is CC.CCOOC(=O)c1nc2cnc3c(ccn3S(=O)(=O)c3ccccc3)c2n1[C@@H]1CCCN(Cc2ccccc2)C1. The highest BCUT2D eigenvalue weighted by molar-refractivity contribution is 7.90. The van der Waals surface area contributed by atoms with E-state index in [1.165, 1.54) is 21.9 Å². The molecule has 1 saturated heterocycles. The fourth-order valence-electron chi connectivity index (χ4n) is 5.42. The first-order valence-corrected chi connectivity index (χ1v) is 15.7. The van der Waals surface area contributed by atoms with E-state index in [0.29, 0.717) is 23.0 Å². The number of imidazole rings is 1. The lowest BCUT2D eigenvalue weighted by Gasteiger charge is -2.34. The zero-order valence-corrected chi connectivity index (χ0v) is 24.8. The summed E-state index contributed by atoms with van der Waals surface area (Å²) in [6.07, 6.45) is 4.75. The number of likely N-dealkylation sites (tertiary alicyclic amines) is 1. The Kier molecular flexibility index (Phi) is 9.00. The molecule has 5 aromatic rings. The van der Waals surface area contributed by atoms with Crippen LogP contribution in [0.3, 0.4) is 0 Å².